The molecule has 1 aromatic carbocycles. The second-order valence-corrected chi connectivity index (χ2v) is 8.83. The molecule has 0 N–H and O–H groups in total. The number of fused-ring (bicyclic) bond motifs is 1. The molecule has 0 saturated carbocycles. The molecule has 0 bridgehead atoms. The van der Waals surface area contributed by atoms with E-state index in [1.54, 1.807) is 12.4 Å². The highest BCUT2D eigenvalue weighted by Crippen LogP contribution is 2.33. The van der Waals surface area contributed by atoms with Gasteiger partial charge in [-0.1, -0.05) is 19.1 Å². The van der Waals surface area contributed by atoms with Gasteiger partial charge in [0, 0.05) is 30.1 Å². The number of unbranched alkanes of at least 4 members (excludes halogenated alkanes) is 1. The minimum atomic E-state index is -0.168. The van der Waals surface area contributed by atoms with Crippen molar-refractivity contribution in [2.24, 2.45) is 0 Å². The molecule has 0 aliphatic rings. The van der Waals surface area contributed by atoms with E-state index >= 15 is 0 Å². The molecule has 3 heterocycles. The van der Waals surface area contributed by atoms with Gasteiger partial charge in [-0.2, -0.15) is 10.4 Å². The van der Waals surface area contributed by atoms with Crippen LogP contribution in [0.5, 0.6) is 0 Å². The summed E-state index contributed by atoms with van der Waals surface area (Å²) in [6, 6.07) is 18.0. The Hall–Kier alpha value is -4.02. The fraction of sp³-hybridized carbons (Fsp3) is 0.333. The number of nitriles is 1. The van der Waals surface area contributed by atoms with Crippen LogP contribution in [0.4, 0.5) is 0 Å². The lowest BCUT2D eigenvalue weighted by molar-refractivity contribution is -0.143. The smallest absolute Gasteiger partial charge is 0.305 e. The Morgan fingerprint density at radius 1 is 1.05 bits per heavy atom. The van der Waals surface area contributed by atoms with Crippen molar-refractivity contribution in [1.82, 2.24) is 14.6 Å². The molecule has 0 fully saturated rings. The molecule has 3 aromatic heterocycles. The summed E-state index contributed by atoms with van der Waals surface area (Å²) >= 11 is 0. The number of benzene rings is 1. The third-order valence-corrected chi connectivity index (χ3v) is 6.32. The van der Waals surface area contributed by atoms with Gasteiger partial charge >= 0.3 is 5.97 Å². The van der Waals surface area contributed by atoms with Crippen molar-refractivity contribution in [3.05, 3.63) is 89.0 Å². The Kier molecular flexibility index (Phi) is 9.01. The van der Waals surface area contributed by atoms with Gasteiger partial charge in [0.1, 0.15) is 0 Å². The van der Waals surface area contributed by atoms with Gasteiger partial charge in [-0.15, -0.1) is 0 Å². The number of carbonyl (C=O) groups is 1. The molecule has 0 aliphatic heterocycles. The maximum atomic E-state index is 11.9. The van der Waals surface area contributed by atoms with Crippen LogP contribution < -0.4 is 0 Å². The summed E-state index contributed by atoms with van der Waals surface area (Å²) in [5.41, 5.74) is 7.75. The molecule has 4 aromatic rings. The SMILES string of the molecule is CCOC(=O)CCCCc1c(COCc2ccncc2)nn2c(CC)ccc2c1-c1cccc(C#N)c1. The van der Waals surface area contributed by atoms with Gasteiger partial charge in [0.15, 0.2) is 0 Å². The lowest BCUT2D eigenvalue weighted by Crippen LogP contribution is -2.11. The lowest BCUT2D eigenvalue weighted by atomic mass is 9.93. The van der Waals surface area contributed by atoms with Crippen LogP contribution in [0.25, 0.3) is 16.6 Å². The Labute approximate surface area is 217 Å². The van der Waals surface area contributed by atoms with Crippen LogP contribution in [0.3, 0.4) is 0 Å². The zero-order chi connectivity index (χ0) is 26.0. The van der Waals surface area contributed by atoms with Crippen molar-refractivity contribution in [3.8, 4) is 17.2 Å². The van der Waals surface area contributed by atoms with E-state index in [9.17, 15) is 10.1 Å². The minimum absolute atomic E-state index is 0.168. The first kappa shape index (κ1) is 26.1. The van der Waals surface area contributed by atoms with E-state index in [1.165, 1.54) is 0 Å². The first-order chi connectivity index (χ1) is 18.1. The number of esters is 1. The number of nitrogens with zero attached hydrogens (tertiary/aromatic N) is 4. The maximum absolute atomic E-state index is 11.9. The molecule has 37 heavy (non-hydrogen) atoms. The predicted octanol–water partition coefficient (Wildman–Crippen LogP) is 5.82. The zero-order valence-electron chi connectivity index (χ0n) is 21.4. The summed E-state index contributed by atoms with van der Waals surface area (Å²) in [5.74, 6) is -0.168. The topological polar surface area (TPSA) is 89.5 Å². The van der Waals surface area contributed by atoms with Gasteiger partial charge in [-0.25, -0.2) is 4.52 Å². The summed E-state index contributed by atoms with van der Waals surface area (Å²) in [5, 5.41) is 14.6. The Morgan fingerprint density at radius 2 is 1.89 bits per heavy atom. The molecule has 0 unspecified atom stereocenters. The first-order valence-electron chi connectivity index (χ1n) is 12.8. The molecule has 190 valence electrons. The summed E-state index contributed by atoms with van der Waals surface area (Å²) < 4.78 is 13.2. The Balaban J connectivity index is 1.73. The number of ether oxygens (including phenoxy) is 2. The minimum Gasteiger partial charge on any atom is -0.466 e. The fourth-order valence-electron chi connectivity index (χ4n) is 4.53. The monoisotopic (exact) mass is 496 g/mol. The average Bonchev–Trinajstić information content (AvgIpc) is 3.34. The van der Waals surface area contributed by atoms with E-state index in [0.717, 1.165) is 64.8 Å². The van der Waals surface area contributed by atoms with Gasteiger partial charge in [0.2, 0.25) is 0 Å². The fourth-order valence-corrected chi connectivity index (χ4v) is 4.53. The number of hydrogen-bond acceptors (Lipinski definition) is 6. The van der Waals surface area contributed by atoms with Gasteiger partial charge in [0.25, 0.3) is 0 Å². The number of rotatable bonds is 12. The number of carbonyl (C=O) groups excluding carboxylic acids is 1. The highest BCUT2D eigenvalue weighted by molar-refractivity contribution is 5.84. The highest BCUT2D eigenvalue weighted by Gasteiger charge is 2.19. The van der Waals surface area contributed by atoms with Crippen LogP contribution in [0.15, 0.2) is 60.9 Å². The summed E-state index contributed by atoms with van der Waals surface area (Å²) in [6.45, 7) is 5.13. The van der Waals surface area contributed by atoms with E-state index in [2.05, 4.69) is 30.1 Å². The Morgan fingerprint density at radius 3 is 2.65 bits per heavy atom. The van der Waals surface area contributed by atoms with Crippen LogP contribution >= 0.6 is 0 Å². The molecule has 0 saturated heterocycles. The zero-order valence-corrected chi connectivity index (χ0v) is 21.4. The molecule has 0 spiro atoms. The third kappa shape index (κ3) is 6.41. The molecule has 0 atom stereocenters. The highest BCUT2D eigenvalue weighted by atomic mass is 16.5. The van der Waals surface area contributed by atoms with Crippen LogP contribution in [0, 0.1) is 11.3 Å². The molecule has 0 amide bonds. The molecular weight excluding hydrogens is 464 g/mol. The third-order valence-electron chi connectivity index (χ3n) is 6.32. The normalized spacial score (nSPS) is 10.9. The molecule has 0 aliphatic carbocycles. The quantitative estimate of drug-likeness (QED) is 0.181. The van der Waals surface area contributed by atoms with Crippen molar-refractivity contribution < 1.29 is 14.3 Å². The molecular formula is C30H32N4O3. The largest absolute Gasteiger partial charge is 0.466 e. The van der Waals surface area contributed by atoms with E-state index in [1.807, 2.05) is 47.8 Å². The standard InChI is InChI=1S/C30H32N4O3/c1-3-25-12-13-28-30(24-9-7-8-23(18-24)19-31)26(10-5-6-11-29(35)37-4-2)27(33-34(25)28)21-36-20-22-14-16-32-17-15-22/h7-9,12-18H,3-6,10-11,20-21H2,1-2H3. The summed E-state index contributed by atoms with van der Waals surface area (Å²) in [7, 11) is 0. The van der Waals surface area contributed by atoms with Gasteiger partial charge < -0.3 is 9.47 Å². The van der Waals surface area contributed by atoms with Crippen molar-refractivity contribution in [1.29, 1.82) is 5.26 Å². The van der Waals surface area contributed by atoms with Crippen LogP contribution in [-0.4, -0.2) is 27.2 Å². The van der Waals surface area contributed by atoms with Crippen LogP contribution in [0.2, 0.25) is 0 Å². The Bertz CT molecular complexity index is 1390. The number of aryl methyl sites for hydroxylation is 1. The number of pyridine rings is 1. The number of aromatic nitrogens is 3. The van der Waals surface area contributed by atoms with E-state index in [0.29, 0.717) is 31.8 Å². The van der Waals surface area contributed by atoms with Crippen molar-refractivity contribution in [3.63, 3.8) is 0 Å². The molecule has 4 rings (SSSR count). The molecule has 7 heteroatoms. The van der Waals surface area contributed by atoms with Crippen LogP contribution in [-0.2, 0) is 40.3 Å². The number of hydrogen-bond donors (Lipinski definition) is 0. The van der Waals surface area contributed by atoms with Crippen molar-refractivity contribution in [2.75, 3.05) is 6.61 Å². The second kappa shape index (κ2) is 12.8. The van der Waals surface area contributed by atoms with Crippen molar-refractivity contribution >= 4 is 11.5 Å². The van der Waals surface area contributed by atoms with Gasteiger partial charge in [-0.05, 0) is 85.7 Å². The van der Waals surface area contributed by atoms with Crippen molar-refractivity contribution in [2.45, 2.75) is 59.2 Å². The summed E-state index contributed by atoms with van der Waals surface area (Å²) in [6.07, 6.45) is 7.00. The van der Waals surface area contributed by atoms with Gasteiger partial charge in [0.05, 0.1) is 42.7 Å². The lowest BCUT2D eigenvalue weighted by Gasteiger charge is -2.18. The van der Waals surface area contributed by atoms with E-state index < -0.39 is 0 Å². The molecule has 7 nitrogen and oxygen atoms in total. The van der Waals surface area contributed by atoms with E-state index in [4.69, 9.17) is 14.6 Å². The molecule has 0 radical (unpaired) electrons. The first-order valence-corrected chi connectivity index (χ1v) is 12.8. The predicted molar refractivity (Wildman–Crippen MR) is 142 cm³/mol. The average molecular weight is 497 g/mol. The van der Waals surface area contributed by atoms with E-state index in [-0.39, 0.29) is 5.97 Å². The summed E-state index contributed by atoms with van der Waals surface area (Å²) in [4.78, 5) is 15.9. The van der Waals surface area contributed by atoms with Crippen LogP contribution in [0.1, 0.15) is 61.2 Å². The second-order valence-electron chi connectivity index (χ2n) is 8.83. The maximum Gasteiger partial charge on any atom is 0.305 e. The van der Waals surface area contributed by atoms with Gasteiger partial charge in [-0.3, -0.25) is 9.78 Å².